The number of hydrogen-bond donors (Lipinski definition) is 1. The summed E-state index contributed by atoms with van der Waals surface area (Å²) in [5, 5.41) is 3.44. The summed E-state index contributed by atoms with van der Waals surface area (Å²) < 4.78 is 14.6. The molecule has 2 aromatic rings. The predicted octanol–water partition coefficient (Wildman–Crippen LogP) is 4.62. The summed E-state index contributed by atoms with van der Waals surface area (Å²) in [6, 6.07) is 16.0. The Labute approximate surface area is 127 Å². The maximum Gasteiger partial charge on any atom is 0.127 e. The molecule has 0 radical (unpaired) electrons. The summed E-state index contributed by atoms with van der Waals surface area (Å²) in [5.41, 5.74) is 2.15. The maximum absolute atomic E-state index is 13.5. The minimum absolute atomic E-state index is 0.121. The zero-order valence-electron chi connectivity index (χ0n) is 11.2. The molecule has 1 aliphatic carbocycles. The van der Waals surface area contributed by atoms with Crippen LogP contribution < -0.4 is 5.32 Å². The average molecular weight is 334 g/mol. The highest BCUT2D eigenvalue weighted by atomic mass is 79.9. The fourth-order valence-electron chi connectivity index (χ4n) is 2.69. The molecule has 1 fully saturated rings. The fraction of sp³-hybridized carbons (Fsp3) is 0.294. The summed E-state index contributed by atoms with van der Waals surface area (Å²) in [5.74, 6) is 0.519. The van der Waals surface area contributed by atoms with Gasteiger partial charge in [-0.05, 0) is 42.5 Å². The molecule has 0 aromatic heterocycles. The first-order chi connectivity index (χ1) is 9.72. The van der Waals surface area contributed by atoms with E-state index in [1.165, 1.54) is 11.6 Å². The number of rotatable bonds is 4. The van der Waals surface area contributed by atoms with Crippen LogP contribution in [0, 0.1) is 5.82 Å². The normalized spacial score (nSPS) is 21.5. The van der Waals surface area contributed by atoms with E-state index in [1.54, 1.807) is 6.07 Å². The predicted molar refractivity (Wildman–Crippen MR) is 83.1 cm³/mol. The van der Waals surface area contributed by atoms with Gasteiger partial charge in [-0.1, -0.05) is 46.3 Å². The van der Waals surface area contributed by atoms with Crippen LogP contribution in [0.1, 0.15) is 29.9 Å². The molecule has 0 saturated heterocycles. The Hall–Kier alpha value is -1.19. The lowest BCUT2D eigenvalue weighted by molar-refractivity contribution is 0.288. The molecule has 0 aliphatic heterocycles. The number of benzene rings is 2. The molecule has 1 N–H and O–H groups in total. The molecule has 1 nitrogen and oxygen atoms in total. The second-order valence-corrected chi connectivity index (χ2v) is 6.30. The summed E-state index contributed by atoms with van der Waals surface area (Å²) in [6.07, 6.45) is 2.27. The topological polar surface area (TPSA) is 12.0 Å². The van der Waals surface area contributed by atoms with Crippen molar-refractivity contribution in [2.45, 2.75) is 31.3 Å². The number of hydrogen-bond acceptors (Lipinski definition) is 1. The van der Waals surface area contributed by atoms with E-state index >= 15 is 0 Å². The standard InChI is InChI=1S/C17H17BrFN/c18-15-7-5-12(6-8-15)14-9-16(10-14)20-11-13-3-1-2-4-17(13)19/h1-8,14,16,20H,9-11H2. The van der Waals surface area contributed by atoms with Crippen molar-refractivity contribution in [1.82, 2.24) is 5.32 Å². The van der Waals surface area contributed by atoms with Gasteiger partial charge in [0.1, 0.15) is 5.82 Å². The molecule has 0 bridgehead atoms. The summed E-state index contributed by atoms with van der Waals surface area (Å²) in [7, 11) is 0. The van der Waals surface area contributed by atoms with Crippen LogP contribution in [0.5, 0.6) is 0 Å². The zero-order valence-corrected chi connectivity index (χ0v) is 12.7. The number of halogens is 2. The largest absolute Gasteiger partial charge is 0.310 e. The SMILES string of the molecule is Fc1ccccc1CNC1CC(c2ccc(Br)cc2)C1. The van der Waals surface area contributed by atoms with E-state index in [0.29, 0.717) is 18.5 Å². The molecule has 0 spiro atoms. The minimum Gasteiger partial charge on any atom is -0.310 e. The third-order valence-corrected chi connectivity index (χ3v) is 4.55. The second kappa shape index (κ2) is 6.06. The van der Waals surface area contributed by atoms with Crippen molar-refractivity contribution in [3.63, 3.8) is 0 Å². The first-order valence-corrected chi connectivity index (χ1v) is 7.74. The van der Waals surface area contributed by atoms with Gasteiger partial charge in [-0.3, -0.25) is 0 Å². The third-order valence-electron chi connectivity index (χ3n) is 4.02. The Bertz CT molecular complexity index is 576. The van der Waals surface area contributed by atoms with E-state index in [1.807, 2.05) is 12.1 Å². The lowest BCUT2D eigenvalue weighted by Crippen LogP contribution is -2.39. The monoisotopic (exact) mass is 333 g/mol. The molecular formula is C17H17BrFN. The lowest BCUT2D eigenvalue weighted by atomic mass is 9.76. The van der Waals surface area contributed by atoms with E-state index in [0.717, 1.165) is 22.9 Å². The highest BCUT2D eigenvalue weighted by molar-refractivity contribution is 9.10. The highest BCUT2D eigenvalue weighted by Crippen LogP contribution is 2.37. The van der Waals surface area contributed by atoms with Crippen LogP contribution in [0.25, 0.3) is 0 Å². The Balaban J connectivity index is 1.49. The van der Waals surface area contributed by atoms with Crippen LogP contribution in [0.15, 0.2) is 53.0 Å². The second-order valence-electron chi connectivity index (χ2n) is 5.39. The highest BCUT2D eigenvalue weighted by Gasteiger charge is 2.29. The van der Waals surface area contributed by atoms with Crippen LogP contribution >= 0.6 is 15.9 Å². The van der Waals surface area contributed by atoms with Gasteiger partial charge in [0.15, 0.2) is 0 Å². The molecule has 1 aliphatic rings. The fourth-order valence-corrected chi connectivity index (χ4v) is 2.95. The van der Waals surface area contributed by atoms with Crippen molar-refractivity contribution in [3.8, 4) is 0 Å². The van der Waals surface area contributed by atoms with E-state index in [-0.39, 0.29) is 5.82 Å². The average Bonchev–Trinajstić information content (AvgIpc) is 2.41. The van der Waals surface area contributed by atoms with Crippen LogP contribution in [0.3, 0.4) is 0 Å². The molecule has 1 saturated carbocycles. The molecule has 3 heteroatoms. The quantitative estimate of drug-likeness (QED) is 0.860. The van der Waals surface area contributed by atoms with Gasteiger partial charge in [0.05, 0.1) is 0 Å². The molecule has 20 heavy (non-hydrogen) atoms. The van der Waals surface area contributed by atoms with Crippen LogP contribution in [0.2, 0.25) is 0 Å². The summed E-state index contributed by atoms with van der Waals surface area (Å²) >= 11 is 3.46. The molecule has 0 unspecified atom stereocenters. The Kier molecular flexibility index (Phi) is 4.18. The molecule has 3 rings (SSSR count). The van der Waals surface area contributed by atoms with Gasteiger partial charge < -0.3 is 5.32 Å². The first kappa shape index (κ1) is 13.8. The molecule has 0 amide bonds. The van der Waals surface area contributed by atoms with Gasteiger partial charge in [0.2, 0.25) is 0 Å². The van der Waals surface area contributed by atoms with Crippen molar-refractivity contribution in [1.29, 1.82) is 0 Å². The van der Waals surface area contributed by atoms with Gasteiger partial charge >= 0.3 is 0 Å². The van der Waals surface area contributed by atoms with E-state index in [9.17, 15) is 4.39 Å². The van der Waals surface area contributed by atoms with Gasteiger partial charge in [-0.25, -0.2) is 4.39 Å². The van der Waals surface area contributed by atoms with Gasteiger partial charge in [-0.15, -0.1) is 0 Å². The van der Waals surface area contributed by atoms with Crippen molar-refractivity contribution >= 4 is 15.9 Å². The van der Waals surface area contributed by atoms with Crippen molar-refractivity contribution in [3.05, 3.63) is 69.9 Å². The summed E-state index contributed by atoms with van der Waals surface area (Å²) in [4.78, 5) is 0. The van der Waals surface area contributed by atoms with Crippen molar-refractivity contribution in [2.75, 3.05) is 0 Å². The third kappa shape index (κ3) is 3.10. The zero-order chi connectivity index (χ0) is 13.9. The van der Waals surface area contributed by atoms with E-state index in [4.69, 9.17) is 0 Å². The van der Waals surface area contributed by atoms with E-state index < -0.39 is 0 Å². The molecule has 104 valence electrons. The van der Waals surface area contributed by atoms with Gasteiger partial charge in [-0.2, -0.15) is 0 Å². The van der Waals surface area contributed by atoms with Crippen molar-refractivity contribution in [2.24, 2.45) is 0 Å². The van der Waals surface area contributed by atoms with Crippen LogP contribution in [-0.4, -0.2) is 6.04 Å². The lowest BCUT2D eigenvalue weighted by Gasteiger charge is -2.36. The van der Waals surface area contributed by atoms with E-state index in [2.05, 4.69) is 45.5 Å². The molecule has 0 heterocycles. The van der Waals surface area contributed by atoms with Crippen molar-refractivity contribution < 1.29 is 4.39 Å². The Morgan fingerprint density at radius 1 is 1.05 bits per heavy atom. The number of nitrogens with one attached hydrogen (secondary N) is 1. The minimum atomic E-state index is -0.121. The summed E-state index contributed by atoms with van der Waals surface area (Å²) in [6.45, 7) is 0.615. The van der Waals surface area contributed by atoms with Crippen LogP contribution in [-0.2, 0) is 6.54 Å². The van der Waals surface area contributed by atoms with Gasteiger partial charge in [0, 0.05) is 22.6 Å². The molecular weight excluding hydrogens is 317 g/mol. The maximum atomic E-state index is 13.5. The first-order valence-electron chi connectivity index (χ1n) is 6.94. The van der Waals surface area contributed by atoms with Crippen LogP contribution in [0.4, 0.5) is 4.39 Å². The Morgan fingerprint density at radius 2 is 1.75 bits per heavy atom. The molecule has 2 aromatic carbocycles. The Morgan fingerprint density at radius 3 is 2.45 bits per heavy atom. The van der Waals surface area contributed by atoms with Gasteiger partial charge in [0.25, 0.3) is 0 Å². The molecule has 0 atom stereocenters. The smallest absolute Gasteiger partial charge is 0.127 e.